The Kier molecular flexibility index (Phi) is 7.50. The predicted octanol–water partition coefficient (Wildman–Crippen LogP) is 5.63. The molecule has 0 saturated carbocycles. The van der Waals surface area contributed by atoms with Crippen LogP contribution < -0.4 is 9.64 Å². The summed E-state index contributed by atoms with van der Waals surface area (Å²) in [5, 5.41) is 1.20. The Morgan fingerprint density at radius 2 is 1.69 bits per heavy atom. The van der Waals surface area contributed by atoms with E-state index in [1.54, 1.807) is 0 Å². The SMILES string of the molecule is CC(C)[Si](C)(C)OCCOc1ccccc1N1CCN(Cc2nc3ccccc3s2)CC1. The van der Waals surface area contributed by atoms with E-state index in [2.05, 4.69) is 85.3 Å². The molecule has 0 N–H and O–H groups in total. The highest BCUT2D eigenvalue weighted by Crippen LogP contribution is 2.30. The second-order valence-electron chi connectivity index (χ2n) is 9.26. The van der Waals surface area contributed by atoms with Crippen LogP contribution in [-0.4, -0.2) is 57.6 Å². The smallest absolute Gasteiger partial charge is 0.189 e. The highest BCUT2D eigenvalue weighted by Gasteiger charge is 2.26. The number of ether oxygens (including phenoxy) is 1. The number of anilines is 1. The van der Waals surface area contributed by atoms with Gasteiger partial charge in [0.2, 0.25) is 0 Å². The standard InChI is InChI=1S/C25H35N3O2SSi/c1-20(2)32(3,4)30-18-17-29-23-11-7-6-10-22(23)28-15-13-27(14-16-28)19-25-26-21-9-5-8-12-24(21)31-25/h5-12,20H,13-19H2,1-4H3. The molecule has 32 heavy (non-hydrogen) atoms. The van der Waals surface area contributed by atoms with Gasteiger partial charge in [-0.05, 0) is 42.9 Å². The summed E-state index contributed by atoms with van der Waals surface area (Å²) in [4.78, 5) is 9.75. The molecule has 0 bridgehead atoms. The van der Waals surface area contributed by atoms with Crippen LogP contribution in [0.5, 0.6) is 5.75 Å². The van der Waals surface area contributed by atoms with E-state index in [0.29, 0.717) is 18.8 Å². The van der Waals surface area contributed by atoms with Gasteiger partial charge in [-0.25, -0.2) is 4.98 Å². The molecule has 0 aliphatic carbocycles. The van der Waals surface area contributed by atoms with E-state index >= 15 is 0 Å². The minimum Gasteiger partial charge on any atom is -0.489 e. The van der Waals surface area contributed by atoms with Crippen molar-refractivity contribution < 1.29 is 9.16 Å². The lowest BCUT2D eigenvalue weighted by Gasteiger charge is -2.36. The summed E-state index contributed by atoms with van der Waals surface area (Å²) in [6.07, 6.45) is 0. The van der Waals surface area contributed by atoms with Crippen LogP contribution in [-0.2, 0) is 11.0 Å². The van der Waals surface area contributed by atoms with Gasteiger partial charge in [0.1, 0.15) is 17.4 Å². The molecule has 1 aliphatic heterocycles. The van der Waals surface area contributed by atoms with Crippen molar-refractivity contribution in [2.24, 2.45) is 0 Å². The number of thiazole rings is 1. The van der Waals surface area contributed by atoms with E-state index in [4.69, 9.17) is 14.1 Å². The van der Waals surface area contributed by atoms with Crippen LogP contribution >= 0.6 is 11.3 Å². The first-order valence-electron chi connectivity index (χ1n) is 11.6. The van der Waals surface area contributed by atoms with Gasteiger partial charge in [0.15, 0.2) is 8.32 Å². The maximum atomic E-state index is 6.18. The lowest BCUT2D eigenvalue weighted by Crippen LogP contribution is -2.46. The Morgan fingerprint density at radius 3 is 2.44 bits per heavy atom. The molecule has 1 saturated heterocycles. The Morgan fingerprint density at radius 1 is 0.969 bits per heavy atom. The molecule has 0 unspecified atom stereocenters. The number of benzene rings is 2. The first-order valence-corrected chi connectivity index (χ1v) is 15.4. The van der Waals surface area contributed by atoms with E-state index in [1.807, 2.05) is 11.3 Å². The zero-order valence-electron chi connectivity index (χ0n) is 19.7. The molecule has 0 radical (unpaired) electrons. The van der Waals surface area contributed by atoms with Gasteiger partial charge in [0.05, 0.1) is 29.1 Å². The van der Waals surface area contributed by atoms with Crippen molar-refractivity contribution in [2.75, 3.05) is 44.3 Å². The number of hydrogen-bond donors (Lipinski definition) is 0. The van der Waals surface area contributed by atoms with Crippen molar-refractivity contribution in [1.29, 1.82) is 0 Å². The molecule has 0 amide bonds. The summed E-state index contributed by atoms with van der Waals surface area (Å²) in [7, 11) is -1.62. The molecule has 7 heteroatoms. The third-order valence-corrected chi connectivity index (χ3v) is 11.2. The first-order chi connectivity index (χ1) is 15.4. The number of hydrogen-bond acceptors (Lipinski definition) is 6. The lowest BCUT2D eigenvalue weighted by atomic mass is 10.2. The zero-order chi connectivity index (χ0) is 22.6. The highest BCUT2D eigenvalue weighted by atomic mass is 32.1. The second kappa shape index (κ2) is 10.3. The molecule has 4 rings (SSSR count). The quantitative estimate of drug-likeness (QED) is 0.300. The number of para-hydroxylation sites is 3. The van der Waals surface area contributed by atoms with E-state index in [1.165, 1.54) is 15.4 Å². The van der Waals surface area contributed by atoms with Gasteiger partial charge in [0.25, 0.3) is 0 Å². The normalized spacial score (nSPS) is 15.6. The molecule has 1 fully saturated rings. The summed E-state index contributed by atoms with van der Waals surface area (Å²) in [5.41, 5.74) is 2.90. The molecular weight excluding hydrogens is 434 g/mol. The van der Waals surface area contributed by atoms with Gasteiger partial charge in [-0.1, -0.05) is 38.1 Å². The lowest BCUT2D eigenvalue weighted by molar-refractivity contribution is 0.207. The number of rotatable bonds is 9. The predicted molar refractivity (Wildman–Crippen MR) is 138 cm³/mol. The van der Waals surface area contributed by atoms with Crippen LogP contribution in [0, 0.1) is 0 Å². The van der Waals surface area contributed by atoms with Crippen LogP contribution in [0.2, 0.25) is 18.6 Å². The summed E-state index contributed by atoms with van der Waals surface area (Å²) >= 11 is 1.81. The van der Waals surface area contributed by atoms with Gasteiger partial charge >= 0.3 is 0 Å². The topological polar surface area (TPSA) is 37.8 Å². The van der Waals surface area contributed by atoms with Gasteiger partial charge in [-0.15, -0.1) is 11.3 Å². The Balaban J connectivity index is 1.29. The van der Waals surface area contributed by atoms with Crippen LogP contribution in [0.4, 0.5) is 5.69 Å². The molecular formula is C25H35N3O2SSi. The van der Waals surface area contributed by atoms with E-state index in [0.717, 1.165) is 44.0 Å². The Bertz CT molecular complexity index is 982. The van der Waals surface area contributed by atoms with E-state index in [-0.39, 0.29) is 0 Å². The molecule has 2 heterocycles. The highest BCUT2D eigenvalue weighted by molar-refractivity contribution is 7.18. The number of aromatic nitrogens is 1. The largest absolute Gasteiger partial charge is 0.489 e. The first kappa shape index (κ1) is 23.2. The van der Waals surface area contributed by atoms with Crippen LogP contribution in [0.25, 0.3) is 10.2 Å². The maximum absolute atomic E-state index is 6.18. The van der Waals surface area contributed by atoms with Gasteiger partial charge in [0, 0.05) is 26.2 Å². The van der Waals surface area contributed by atoms with Crippen molar-refractivity contribution in [3.05, 3.63) is 53.5 Å². The van der Waals surface area contributed by atoms with Crippen molar-refractivity contribution >= 4 is 35.6 Å². The van der Waals surface area contributed by atoms with Gasteiger partial charge < -0.3 is 14.1 Å². The molecule has 1 aliphatic rings. The number of fused-ring (bicyclic) bond motifs is 1. The van der Waals surface area contributed by atoms with E-state index < -0.39 is 8.32 Å². The zero-order valence-corrected chi connectivity index (χ0v) is 21.5. The third kappa shape index (κ3) is 5.70. The van der Waals surface area contributed by atoms with Crippen molar-refractivity contribution in [1.82, 2.24) is 9.88 Å². The third-order valence-electron chi connectivity index (χ3n) is 6.48. The van der Waals surface area contributed by atoms with Crippen LogP contribution in [0.3, 0.4) is 0 Å². The maximum Gasteiger partial charge on any atom is 0.189 e. The minimum absolute atomic E-state index is 0.595. The fourth-order valence-electron chi connectivity index (χ4n) is 3.79. The van der Waals surface area contributed by atoms with Crippen molar-refractivity contribution in [2.45, 2.75) is 39.0 Å². The van der Waals surface area contributed by atoms with Crippen molar-refractivity contribution in [3.63, 3.8) is 0 Å². The number of nitrogens with zero attached hydrogens (tertiary/aromatic N) is 3. The summed E-state index contributed by atoms with van der Waals surface area (Å²) in [6.45, 7) is 15.3. The van der Waals surface area contributed by atoms with E-state index in [9.17, 15) is 0 Å². The van der Waals surface area contributed by atoms with Gasteiger partial charge in [-0.2, -0.15) is 0 Å². The van der Waals surface area contributed by atoms with Gasteiger partial charge in [-0.3, -0.25) is 4.90 Å². The van der Waals surface area contributed by atoms with Crippen LogP contribution in [0.1, 0.15) is 18.9 Å². The summed E-state index contributed by atoms with van der Waals surface area (Å²) < 4.78 is 13.6. The molecule has 5 nitrogen and oxygen atoms in total. The molecule has 2 aromatic carbocycles. The fourth-order valence-corrected chi connectivity index (χ4v) is 5.74. The molecule has 1 aromatic heterocycles. The Labute approximate surface area is 197 Å². The molecule has 0 atom stereocenters. The van der Waals surface area contributed by atoms with Crippen molar-refractivity contribution in [3.8, 4) is 5.75 Å². The molecule has 3 aromatic rings. The second-order valence-corrected chi connectivity index (χ2v) is 15.0. The molecule has 0 spiro atoms. The Hall–Kier alpha value is -1.93. The fraction of sp³-hybridized carbons (Fsp3) is 0.480. The molecule has 172 valence electrons. The average Bonchev–Trinajstić information content (AvgIpc) is 3.20. The summed E-state index contributed by atoms with van der Waals surface area (Å²) in [5.74, 6) is 0.958. The van der Waals surface area contributed by atoms with Crippen LogP contribution in [0.15, 0.2) is 48.5 Å². The average molecular weight is 470 g/mol. The summed E-state index contributed by atoms with van der Waals surface area (Å²) in [6, 6.07) is 16.8. The number of piperazine rings is 1. The minimum atomic E-state index is -1.62. The monoisotopic (exact) mass is 469 g/mol.